The third-order valence-electron chi connectivity index (χ3n) is 2.59. The number of carboxylic acid groups (broad SMARTS) is 1. The highest BCUT2D eigenvalue weighted by atomic mass is 16.4. The molecule has 0 aliphatic heterocycles. The molecule has 0 unspecified atom stereocenters. The van der Waals surface area contributed by atoms with Crippen molar-refractivity contribution < 1.29 is 14.7 Å². The lowest BCUT2D eigenvalue weighted by atomic mass is 10.1. The molecule has 1 heterocycles. The van der Waals surface area contributed by atoms with Gasteiger partial charge in [-0.15, -0.1) is 0 Å². The molecule has 0 aliphatic rings. The van der Waals surface area contributed by atoms with E-state index in [1.54, 1.807) is 13.8 Å². The van der Waals surface area contributed by atoms with E-state index >= 15 is 0 Å². The molecular weight excluding hydrogens is 222 g/mol. The summed E-state index contributed by atoms with van der Waals surface area (Å²) in [6, 6.07) is 0. The van der Waals surface area contributed by atoms with Crippen LogP contribution < -0.4 is 5.32 Å². The van der Waals surface area contributed by atoms with Gasteiger partial charge in [-0.3, -0.25) is 9.89 Å². The van der Waals surface area contributed by atoms with Gasteiger partial charge in [0.15, 0.2) is 0 Å². The number of nitrogens with one attached hydrogen (secondary N) is 2. The fourth-order valence-electron chi connectivity index (χ4n) is 1.27. The SMILES string of the molecule is CC(C(=O)O)=C(C)C(=O)Nc1c(C)n[nH]c1C. The van der Waals surface area contributed by atoms with Gasteiger partial charge in [-0.2, -0.15) is 5.10 Å². The van der Waals surface area contributed by atoms with Crippen molar-refractivity contribution in [3.8, 4) is 0 Å². The van der Waals surface area contributed by atoms with Gasteiger partial charge < -0.3 is 10.4 Å². The fourth-order valence-corrected chi connectivity index (χ4v) is 1.27. The largest absolute Gasteiger partial charge is 0.478 e. The maximum Gasteiger partial charge on any atom is 0.331 e. The molecule has 0 spiro atoms. The normalized spacial score (nSPS) is 12.0. The third kappa shape index (κ3) is 2.72. The number of carbonyl (C=O) groups excluding carboxylic acids is 1. The lowest BCUT2D eigenvalue weighted by Gasteiger charge is -2.06. The number of rotatable bonds is 3. The highest BCUT2D eigenvalue weighted by Gasteiger charge is 2.15. The van der Waals surface area contributed by atoms with Gasteiger partial charge in [0, 0.05) is 11.1 Å². The van der Waals surface area contributed by atoms with Crippen molar-refractivity contribution in [1.82, 2.24) is 10.2 Å². The summed E-state index contributed by atoms with van der Waals surface area (Å²) >= 11 is 0. The van der Waals surface area contributed by atoms with Gasteiger partial charge in [0.05, 0.1) is 17.1 Å². The van der Waals surface area contributed by atoms with Crippen molar-refractivity contribution in [2.75, 3.05) is 5.32 Å². The minimum atomic E-state index is -1.10. The molecule has 1 amide bonds. The Morgan fingerprint density at radius 1 is 1.24 bits per heavy atom. The first-order chi connectivity index (χ1) is 7.84. The summed E-state index contributed by atoms with van der Waals surface area (Å²) < 4.78 is 0. The summed E-state index contributed by atoms with van der Waals surface area (Å²) in [4.78, 5) is 22.5. The van der Waals surface area contributed by atoms with Gasteiger partial charge >= 0.3 is 5.97 Å². The average molecular weight is 237 g/mol. The Morgan fingerprint density at radius 3 is 2.24 bits per heavy atom. The van der Waals surface area contributed by atoms with Crippen LogP contribution in [0.1, 0.15) is 25.2 Å². The molecule has 0 fully saturated rings. The van der Waals surface area contributed by atoms with E-state index < -0.39 is 11.9 Å². The quantitative estimate of drug-likeness (QED) is 0.692. The average Bonchev–Trinajstić information content (AvgIpc) is 2.58. The summed E-state index contributed by atoms with van der Waals surface area (Å²) in [6.45, 7) is 6.40. The van der Waals surface area contributed by atoms with Crippen molar-refractivity contribution in [1.29, 1.82) is 0 Å². The van der Waals surface area contributed by atoms with Crippen LogP contribution in [0.25, 0.3) is 0 Å². The molecule has 1 aromatic heterocycles. The second-order valence-corrected chi connectivity index (χ2v) is 3.82. The number of aliphatic carboxylic acids is 1. The van der Waals surface area contributed by atoms with Crippen LogP contribution in [0.15, 0.2) is 11.1 Å². The fraction of sp³-hybridized carbons (Fsp3) is 0.364. The topological polar surface area (TPSA) is 95.1 Å². The minimum Gasteiger partial charge on any atom is -0.478 e. The highest BCUT2D eigenvalue weighted by Crippen LogP contribution is 2.17. The number of carbonyl (C=O) groups is 2. The number of aryl methyl sites for hydroxylation is 2. The molecule has 0 aliphatic carbocycles. The first kappa shape index (κ1) is 13.0. The number of aromatic amines is 1. The molecular formula is C11H15N3O3. The van der Waals surface area contributed by atoms with Gasteiger partial charge in [0.1, 0.15) is 0 Å². The Hall–Kier alpha value is -2.11. The summed E-state index contributed by atoms with van der Waals surface area (Å²) in [5, 5.41) is 18.1. The Morgan fingerprint density at radius 2 is 1.82 bits per heavy atom. The third-order valence-corrected chi connectivity index (χ3v) is 2.59. The van der Waals surface area contributed by atoms with Crippen LogP contribution in [0.3, 0.4) is 0 Å². The number of aromatic nitrogens is 2. The van der Waals surface area contributed by atoms with Gasteiger partial charge in [0.2, 0.25) is 0 Å². The lowest BCUT2D eigenvalue weighted by Crippen LogP contribution is -2.17. The van der Waals surface area contributed by atoms with Crippen molar-refractivity contribution in [3.63, 3.8) is 0 Å². The number of anilines is 1. The van der Waals surface area contributed by atoms with E-state index in [1.807, 2.05) is 0 Å². The molecule has 6 heteroatoms. The van der Waals surface area contributed by atoms with Crippen LogP contribution in [0.4, 0.5) is 5.69 Å². The number of carboxylic acids is 1. The molecule has 1 aromatic rings. The van der Waals surface area contributed by atoms with Crippen LogP contribution in [-0.4, -0.2) is 27.2 Å². The maximum absolute atomic E-state index is 11.8. The zero-order chi connectivity index (χ0) is 13.2. The Labute approximate surface area is 98.7 Å². The Kier molecular flexibility index (Phi) is 3.67. The van der Waals surface area contributed by atoms with E-state index in [9.17, 15) is 9.59 Å². The summed E-state index contributed by atoms with van der Waals surface area (Å²) in [6.07, 6.45) is 0. The molecule has 17 heavy (non-hydrogen) atoms. The number of hydrogen-bond donors (Lipinski definition) is 3. The first-order valence-electron chi connectivity index (χ1n) is 5.08. The van der Waals surface area contributed by atoms with Crippen LogP contribution >= 0.6 is 0 Å². The lowest BCUT2D eigenvalue weighted by molar-refractivity contribution is -0.133. The van der Waals surface area contributed by atoms with Crippen molar-refractivity contribution in [3.05, 3.63) is 22.5 Å². The molecule has 6 nitrogen and oxygen atoms in total. The second kappa shape index (κ2) is 4.82. The van der Waals surface area contributed by atoms with Crippen molar-refractivity contribution >= 4 is 17.6 Å². The van der Waals surface area contributed by atoms with Gasteiger partial charge in [0.25, 0.3) is 5.91 Å². The van der Waals surface area contributed by atoms with Gasteiger partial charge in [-0.05, 0) is 27.7 Å². The Balaban J connectivity index is 2.95. The first-order valence-corrected chi connectivity index (χ1v) is 5.08. The Bertz CT molecular complexity index is 481. The van der Waals surface area contributed by atoms with Crippen LogP contribution in [0.5, 0.6) is 0 Å². The second-order valence-electron chi connectivity index (χ2n) is 3.82. The molecule has 0 radical (unpaired) electrons. The number of amides is 1. The molecule has 0 saturated heterocycles. The van der Waals surface area contributed by atoms with Crippen LogP contribution in [-0.2, 0) is 9.59 Å². The van der Waals surface area contributed by atoms with Crippen LogP contribution in [0, 0.1) is 13.8 Å². The number of hydrogen-bond acceptors (Lipinski definition) is 3. The number of nitrogens with zero attached hydrogens (tertiary/aromatic N) is 1. The minimum absolute atomic E-state index is 0.0290. The zero-order valence-corrected chi connectivity index (χ0v) is 10.2. The molecule has 92 valence electrons. The summed E-state index contributed by atoms with van der Waals surface area (Å²) in [5.41, 5.74) is 2.19. The molecule has 0 bridgehead atoms. The molecule has 0 aromatic carbocycles. The van der Waals surface area contributed by atoms with Crippen molar-refractivity contribution in [2.24, 2.45) is 0 Å². The van der Waals surface area contributed by atoms with E-state index in [0.717, 1.165) is 5.69 Å². The monoisotopic (exact) mass is 237 g/mol. The summed E-state index contributed by atoms with van der Waals surface area (Å²) in [7, 11) is 0. The molecule has 0 saturated carbocycles. The molecule has 3 N–H and O–H groups in total. The summed E-state index contributed by atoms with van der Waals surface area (Å²) in [5.74, 6) is -1.53. The predicted molar refractivity (Wildman–Crippen MR) is 62.7 cm³/mol. The molecule has 1 rings (SSSR count). The van der Waals surface area contributed by atoms with E-state index in [-0.39, 0.29) is 11.1 Å². The van der Waals surface area contributed by atoms with Gasteiger partial charge in [-0.1, -0.05) is 0 Å². The highest BCUT2D eigenvalue weighted by molar-refractivity contribution is 6.08. The van der Waals surface area contributed by atoms with Gasteiger partial charge in [-0.25, -0.2) is 4.79 Å². The number of H-pyrrole nitrogens is 1. The van der Waals surface area contributed by atoms with Crippen molar-refractivity contribution in [2.45, 2.75) is 27.7 Å². The van der Waals surface area contributed by atoms with E-state index in [4.69, 9.17) is 5.11 Å². The maximum atomic E-state index is 11.8. The van der Waals surface area contributed by atoms with E-state index in [1.165, 1.54) is 13.8 Å². The molecule has 0 atom stereocenters. The zero-order valence-electron chi connectivity index (χ0n) is 10.2. The van der Waals surface area contributed by atoms with E-state index in [2.05, 4.69) is 15.5 Å². The predicted octanol–water partition coefficient (Wildman–Crippen LogP) is 1.39. The standard InChI is InChI=1S/C11H15N3O3/c1-5(6(2)11(16)17)10(15)12-9-7(3)13-14-8(9)4/h1-4H3,(H,12,15)(H,13,14)(H,16,17). The van der Waals surface area contributed by atoms with Crippen LogP contribution in [0.2, 0.25) is 0 Å². The smallest absolute Gasteiger partial charge is 0.331 e. The van der Waals surface area contributed by atoms with E-state index in [0.29, 0.717) is 11.4 Å².